The summed E-state index contributed by atoms with van der Waals surface area (Å²) in [6.07, 6.45) is 1.12. The lowest BCUT2D eigenvalue weighted by molar-refractivity contribution is 0.260. The summed E-state index contributed by atoms with van der Waals surface area (Å²) in [6, 6.07) is 12.8. The van der Waals surface area contributed by atoms with Gasteiger partial charge in [0.15, 0.2) is 0 Å². The van der Waals surface area contributed by atoms with E-state index in [4.69, 9.17) is 4.98 Å². The Labute approximate surface area is 144 Å². The smallest absolute Gasteiger partial charge is 0.227 e. The maximum atomic E-state index is 4.70. The Bertz CT molecular complexity index is 648. The number of rotatable bonds is 5. The Balaban J connectivity index is 1.55. The van der Waals surface area contributed by atoms with E-state index < -0.39 is 0 Å². The SMILES string of the molecule is Cc1cc(N(C)C)nc(N2CCN(CCc3ccccc3)CC2)n1. The monoisotopic (exact) mass is 325 g/mol. The van der Waals surface area contributed by atoms with Crippen LogP contribution in [0.1, 0.15) is 11.3 Å². The van der Waals surface area contributed by atoms with Crippen LogP contribution in [0.4, 0.5) is 11.8 Å². The van der Waals surface area contributed by atoms with Gasteiger partial charge in [-0.3, -0.25) is 4.90 Å². The van der Waals surface area contributed by atoms with Crippen LogP contribution in [0.25, 0.3) is 0 Å². The lowest BCUT2D eigenvalue weighted by atomic mass is 10.1. The third-order valence-electron chi connectivity index (χ3n) is 4.50. The summed E-state index contributed by atoms with van der Waals surface area (Å²) in [5, 5.41) is 0. The van der Waals surface area contributed by atoms with Gasteiger partial charge in [0, 0.05) is 58.6 Å². The minimum absolute atomic E-state index is 0.862. The van der Waals surface area contributed by atoms with Gasteiger partial charge in [0.2, 0.25) is 5.95 Å². The van der Waals surface area contributed by atoms with Gasteiger partial charge in [0.1, 0.15) is 5.82 Å². The van der Waals surface area contributed by atoms with E-state index in [9.17, 15) is 0 Å². The van der Waals surface area contributed by atoms with Crippen LogP contribution < -0.4 is 9.80 Å². The van der Waals surface area contributed by atoms with Crippen LogP contribution in [0.15, 0.2) is 36.4 Å². The average Bonchev–Trinajstić information content (AvgIpc) is 2.61. The van der Waals surface area contributed by atoms with E-state index in [0.29, 0.717) is 0 Å². The highest BCUT2D eigenvalue weighted by molar-refractivity contribution is 5.45. The predicted molar refractivity (Wildman–Crippen MR) is 99.9 cm³/mol. The van der Waals surface area contributed by atoms with E-state index in [0.717, 1.165) is 56.6 Å². The number of nitrogens with zero attached hydrogens (tertiary/aromatic N) is 5. The fourth-order valence-electron chi connectivity index (χ4n) is 3.01. The predicted octanol–water partition coefficient (Wildman–Crippen LogP) is 2.22. The number of hydrogen-bond donors (Lipinski definition) is 0. The van der Waals surface area contributed by atoms with Crippen LogP contribution in [0.2, 0.25) is 0 Å². The molecule has 1 aromatic heterocycles. The molecule has 3 rings (SSSR count). The number of piperazine rings is 1. The topological polar surface area (TPSA) is 35.5 Å². The molecule has 0 bridgehead atoms. The minimum Gasteiger partial charge on any atom is -0.363 e. The van der Waals surface area contributed by atoms with Gasteiger partial charge in [0.05, 0.1) is 0 Å². The van der Waals surface area contributed by atoms with Crippen LogP contribution in [0, 0.1) is 6.92 Å². The molecule has 1 aliphatic rings. The summed E-state index contributed by atoms with van der Waals surface area (Å²) in [7, 11) is 4.04. The average molecular weight is 325 g/mol. The molecule has 0 aliphatic carbocycles. The Kier molecular flexibility index (Phi) is 5.30. The summed E-state index contributed by atoms with van der Waals surface area (Å²) in [4.78, 5) is 16.2. The highest BCUT2D eigenvalue weighted by atomic mass is 15.3. The van der Waals surface area contributed by atoms with Crippen molar-refractivity contribution in [1.82, 2.24) is 14.9 Å². The van der Waals surface area contributed by atoms with Crippen molar-refractivity contribution in [2.24, 2.45) is 0 Å². The first kappa shape index (κ1) is 16.7. The summed E-state index contributed by atoms with van der Waals surface area (Å²) < 4.78 is 0. The molecule has 0 radical (unpaired) electrons. The lowest BCUT2D eigenvalue weighted by Crippen LogP contribution is -2.47. The first-order valence-corrected chi connectivity index (χ1v) is 8.66. The Morgan fingerprint density at radius 1 is 1.00 bits per heavy atom. The van der Waals surface area contributed by atoms with Crippen LogP contribution in [-0.2, 0) is 6.42 Å². The van der Waals surface area contributed by atoms with Crippen molar-refractivity contribution in [3.05, 3.63) is 47.7 Å². The zero-order valence-corrected chi connectivity index (χ0v) is 14.9. The number of aryl methyl sites for hydroxylation is 1. The van der Waals surface area contributed by atoms with Crippen molar-refractivity contribution in [2.75, 3.05) is 56.6 Å². The second-order valence-corrected chi connectivity index (χ2v) is 6.63. The van der Waals surface area contributed by atoms with Crippen LogP contribution in [-0.4, -0.2) is 61.7 Å². The zero-order valence-electron chi connectivity index (χ0n) is 14.9. The summed E-state index contributed by atoms with van der Waals surface area (Å²) in [5.41, 5.74) is 2.44. The second kappa shape index (κ2) is 7.62. The molecular formula is C19H27N5. The first-order chi connectivity index (χ1) is 11.6. The molecule has 1 saturated heterocycles. The quantitative estimate of drug-likeness (QED) is 0.842. The third kappa shape index (κ3) is 4.23. The maximum absolute atomic E-state index is 4.70. The van der Waals surface area contributed by atoms with E-state index in [2.05, 4.69) is 45.1 Å². The molecule has 2 heterocycles. The number of hydrogen-bond acceptors (Lipinski definition) is 5. The molecular weight excluding hydrogens is 298 g/mol. The van der Waals surface area contributed by atoms with Gasteiger partial charge >= 0.3 is 0 Å². The fourth-order valence-corrected chi connectivity index (χ4v) is 3.01. The molecule has 1 fully saturated rings. The fraction of sp³-hybridized carbons (Fsp3) is 0.474. The van der Waals surface area contributed by atoms with Crippen LogP contribution in [0.5, 0.6) is 0 Å². The molecule has 2 aromatic rings. The minimum atomic E-state index is 0.862. The Morgan fingerprint density at radius 3 is 2.38 bits per heavy atom. The van der Waals surface area contributed by atoms with E-state index in [1.54, 1.807) is 0 Å². The van der Waals surface area contributed by atoms with E-state index in [1.807, 2.05) is 32.0 Å². The van der Waals surface area contributed by atoms with E-state index in [-0.39, 0.29) is 0 Å². The van der Waals surface area contributed by atoms with Crippen molar-refractivity contribution in [1.29, 1.82) is 0 Å². The van der Waals surface area contributed by atoms with Gasteiger partial charge in [-0.05, 0) is 18.9 Å². The second-order valence-electron chi connectivity index (χ2n) is 6.63. The number of benzene rings is 1. The highest BCUT2D eigenvalue weighted by Gasteiger charge is 2.19. The molecule has 0 amide bonds. The molecule has 0 N–H and O–H groups in total. The largest absolute Gasteiger partial charge is 0.363 e. The molecule has 0 atom stereocenters. The normalized spacial score (nSPS) is 15.5. The van der Waals surface area contributed by atoms with Crippen molar-refractivity contribution in [3.63, 3.8) is 0 Å². The highest BCUT2D eigenvalue weighted by Crippen LogP contribution is 2.17. The molecule has 1 aromatic carbocycles. The Morgan fingerprint density at radius 2 is 1.71 bits per heavy atom. The molecule has 0 saturated carbocycles. The summed E-state index contributed by atoms with van der Waals surface area (Å²) >= 11 is 0. The molecule has 1 aliphatic heterocycles. The zero-order chi connectivity index (χ0) is 16.9. The molecule has 5 heteroatoms. The molecule has 24 heavy (non-hydrogen) atoms. The van der Waals surface area contributed by atoms with Gasteiger partial charge in [-0.2, -0.15) is 4.98 Å². The van der Waals surface area contributed by atoms with Gasteiger partial charge in [-0.15, -0.1) is 0 Å². The molecule has 128 valence electrons. The molecule has 0 unspecified atom stereocenters. The van der Waals surface area contributed by atoms with Gasteiger partial charge < -0.3 is 9.80 Å². The summed E-state index contributed by atoms with van der Waals surface area (Å²) in [6.45, 7) is 7.28. The lowest BCUT2D eigenvalue weighted by Gasteiger charge is -2.35. The first-order valence-electron chi connectivity index (χ1n) is 8.66. The molecule has 5 nitrogen and oxygen atoms in total. The van der Waals surface area contributed by atoms with Gasteiger partial charge in [0.25, 0.3) is 0 Å². The van der Waals surface area contributed by atoms with Crippen LogP contribution in [0.3, 0.4) is 0 Å². The van der Waals surface area contributed by atoms with Gasteiger partial charge in [-0.1, -0.05) is 30.3 Å². The standard InChI is InChI=1S/C19H27N5/c1-16-15-18(22(2)3)21-19(20-16)24-13-11-23(12-14-24)10-9-17-7-5-4-6-8-17/h4-8,15H,9-14H2,1-3H3. The number of anilines is 2. The van der Waals surface area contributed by atoms with Crippen LogP contribution >= 0.6 is 0 Å². The molecule has 0 spiro atoms. The van der Waals surface area contributed by atoms with Gasteiger partial charge in [-0.25, -0.2) is 4.98 Å². The van der Waals surface area contributed by atoms with E-state index in [1.165, 1.54) is 5.56 Å². The van der Waals surface area contributed by atoms with Crippen molar-refractivity contribution in [3.8, 4) is 0 Å². The van der Waals surface area contributed by atoms with Crippen molar-refractivity contribution < 1.29 is 0 Å². The van der Waals surface area contributed by atoms with Crippen molar-refractivity contribution >= 4 is 11.8 Å². The Hall–Kier alpha value is -2.14. The van der Waals surface area contributed by atoms with Crippen molar-refractivity contribution in [2.45, 2.75) is 13.3 Å². The maximum Gasteiger partial charge on any atom is 0.227 e. The summed E-state index contributed by atoms with van der Waals surface area (Å²) in [5.74, 6) is 1.84. The number of aromatic nitrogens is 2. The van der Waals surface area contributed by atoms with E-state index >= 15 is 0 Å². The third-order valence-corrected chi connectivity index (χ3v) is 4.50.